The molecular weight excluding hydrogens is 238 g/mol. The molecule has 2 N–H and O–H groups in total. The maximum absolute atomic E-state index is 5.29. The molecule has 1 aliphatic carbocycles. The lowest BCUT2D eigenvalue weighted by Crippen LogP contribution is -2.40. The van der Waals surface area contributed by atoms with E-state index in [0.717, 1.165) is 19.1 Å². The van der Waals surface area contributed by atoms with Crippen LogP contribution in [0.15, 0.2) is 35.3 Å². The van der Waals surface area contributed by atoms with Gasteiger partial charge in [0, 0.05) is 32.2 Å². The second-order valence-electron chi connectivity index (χ2n) is 4.70. The first-order valence-electron chi connectivity index (χ1n) is 6.95. The van der Waals surface area contributed by atoms with Crippen LogP contribution in [0, 0.1) is 0 Å². The van der Waals surface area contributed by atoms with Gasteiger partial charge in [-0.3, -0.25) is 4.99 Å². The summed E-state index contributed by atoms with van der Waals surface area (Å²) in [6.07, 6.45) is 1.18. The van der Waals surface area contributed by atoms with Crippen LogP contribution in [0.1, 0.15) is 24.8 Å². The van der Waals surface area contributed by atoms with Gasteiger partial charge < -0.3 is 15.4 Å². The number of guanidine groups is 1. The van der Waals surface area contributed by atoms with Crippen molar-refractivity contribution in [1.82, 2.24) is 10.6 Å². The van der Waals surface area contributed by atoms with Crippen molar-refractivity contribution in [2.24, 2.45) is 4.99 Å². The Morgan fingerprint density at radius 2 is 2.16 bits per heavy atom. The van der Waals surface area contributed by atoms with Crippen molar-refractivity contribution in [2.45, 2.75) is 25.3 Å². The van der Waals surface area contributed by atoms with E-state index in [1.165, 1.54) is 12.0 Å². The zero-order valence-electron chi connectivity index (χ0n) is 11.7. The number of hydrogen-bond acceptors (Lipinski definition) is 2. The fraction of sp³-hybridized carbons (Fsp3) is 0.533. The monoisotopic (exact) mass is 261 g/mol. The average Bonchev–Trinajstić information content (AvgIpc) is 3.22. The molecule has 1 saturated carbocycles. The molecule has 1 fully saturated rings. The van der Waals surface area contributed by atoms with E-state index in [-0.39, 0.29) is 0 Å². The molecule has 2 rings (SSSR count). The molecule has 19 heavy (non-hydrogen) atoms. The van der Waals surface area contributed by atoms with E-state index < -0.39 is 0 Å². The molecule has 0 amide bonds. The maximum Gasteiger partial charge on any atom is 0.191 e. The summed E-state index contributed by atoms with van der Waals surface area (Å²) in [6.45, 7) is 4.26. The van der Waals surface area contributed by atoms with Crippen LogP contribution in [0.3, 0.4) is 0 Å². The van der Waals surface area contributed by atoms with Gasteiger partial charge in [0.05, 0.1) is 6.61 Å². The highest BCUT2D eigenvalue weighted by molar-refractivity contribution is 5.80. The zero-order valence-corrected chi connectivity index (χ0v) is 11.7. The van der Waals surface area contributed by atoms with Gasteiger partial charge in [0.25, 0.3) is 0 Å². The maximum atomic E-state index is 5.29. The fourth-order valence-corrected chi connectivity index (χ4v) is 2.18. The molecule has 1 aromatic rings. The Balaban J connectivity index is 1.73. The van der Waals surface area contributed by atoms with Crippen molar-refractivity contribution < 1.29 is 4.74 Å². The molecule has 0 spiro atoms. The highest BCUT2D eigenvalue weighted by Gasteiger charge is 2.38. The van der Waals surface area contributed by atoms with Crippen LogP contribution in [0.4, 0.5) is 0 Å². The van der Waals surface area contributed by atoms with Gasteiger partial charge in [0.15, 0.2) is 5.96 Å². The van der Waals surface area contributed by atoms with Crippen LogP contribution in [-0.4, -0.2) is 38.8 Å². The van der Waals surface area contributed by atoms with Gasteiger partial charge in [-0.05, 0) is 18.9 Å². The Bertz CT molecular complexity index is 405. The summed E-state index contributed by atoms with van der Waals surface area (Å²) < 4.78 is 5.29. The van der Waals surface area contributed by atoms with Gasteiger partial charge in [-0.2, -0.15) is 0 Å². The molecular formula is C15H23N3O. The molecule has 1 aromatic carbocycles. The lowest BCUT2D eigenvalue weighted by molar-refractivity contribution is 0.152. The van der Waals surface area contributed by atoms with E-state index in [9.17, 15) is 0 Å². The first-order chi connectivity index (χ1) is 9.35. The zero-order chi connectivity index (χ0) is 13.5. The third-order valence-electron chi connectivity index (χ3n) is 3.31. The quantitative estimate of drug-likeness (QED) is 0.466. The number of ether oxygens (including phenoxy) is 1. The SMILES string of the molecule is CCOCCNC(=NC)NC1CC1c1ccccc1. The van der Waals surface area contributed by atoms with E-state index in [2.05, 4.69) is 46.0 Å². The van der Waals surface area contributed by atoms with Gasteiger partial charge in [-0.15, -0.1) is 0 Å². The van der Waals surface area contributed by atoms with Crippen LogP contribution in [0.25, 0.3) is 0 Å². The van der Waals surface area contributed by atoms with Crippen molar-refractivity contribution in [2.75, 3.05) is 26.8 Å². The van der Waals surface area contributed by atoms with Crippen molar-refractivity contribution in [3.05, 3.63) is 35.9 Å². The van der Waals surface area contributed by atoms with E-state index in [4.69, 9.17) is 4.74 Å². The molecule has 1 aliphatic rings. The molecule has 0 radical (unpaired) electrons. The number of nitrogens with one attached hydrogen (secondary N) is 2. The minimum atomic E-state index is 0.501. The summed E-state index contributed by atoms with van der Waals surface area (Å²) in [5.74, 6) is 1.48. The molecule has 0 heterocycles. The molecule has 104 valence electrons. The van der Waals surface area contributed by atoms with Crippen LogP contribution in [0.5, 0.6) is 0 Å². The largest absolute Gasteiger partial charge is 0.380 e. The van der Waals surface area contributed by atoms with Crippen molar-refractivity contribution >= 4 is 5.96 Å². The van der Waals surface area contributed by atoms with Crippen molar-refractivity contribution in [3.8, 4) is 0 Å². The van der Waals surface area contributed by atoms with E-state index in [1.807, 2.05) is 6.92 Å². The van der Waals surface area contributed by atoms with Gasteiger partial charge in [0.2, 0.25) is 0 Å². The topological polar surface area (TPSA) is 45.6 Å². The van der Waals surface area contributed by atoms with Gasteiger partial charge in [0.1, 0.15) is 0 Å². The molecule has 0 aliphatic heterocycles. The second kappa shape index (κ2) is 7.14. The van der Waals surface area contributed by atoms with E-state index >= 15 is 0 Å². The number of rotatable bonds is 6. The Morgan fingerprint density at radius 1 is 1.37 bits per heavy atom. The highest BCUT2D eigenvalue weighted by atomic mass is 16.5. The highest BCUT2D eigenvalue weighted by Crippen LogP contribution is 2.40. The average molecular weight is 261 g/mol. The minimum Gasteiger partial charge on any atom is -0.380 e. The van der Waals surface area contributed by atoms with E-state index in [1.54, 1.807) is 7.05 Å². The summed E-state index contributed by atoms with van der Waals surface area (Å²) >= 11 is 0. The van der Waals surface area contributed by atoms with Crippen LogP contribution < -0.4 is 10.6 Å². The van der Waals surface area contributed by atoms with Gasteiger partial charge in [-0.25, -0.2) is 0 Å². The molecule has 4 nitrogen and oxygen atoms in total. The molecule has 0 aromatic heterocycles. The third-order valence-corrected chi connectivity index (χ3v) is 3.31. The Kier molecular flexibility index (Phi) is 5.21. The smallest absolute Gasteiger partial charge is 0.191 e. The standard InChI is InChI=1S/C15H23N3O/c1-3-19-10-9-17-15(16-2)18-14-11-13(14)12-7-5-4-6-8-12/h4-8,13-14H,3,9-11H2,1-2H3,(H2,16,17,18). The Hall–Kier alpha value is -1.55. The van der Waals surface area contributed by atoms with Gasteiger partial charge in [-0.1, -0.05) is 30.3 Å². The third kappa shape index (κ3) is 4.24. The fourth-order valence-electron chi connectivity index (χ4n) is 2.18. The van der Waals surface area contributed by atoms with Crippen molar-refractivity contribution in [3.63, 3.8) is 0 Å². The number of aliphatic imine (C=N–C) groups is 1. The van der Waals surface area contributed by atoms with Crippen molar-refractivity contribution in [1.29, 1.82) is 0 Å². The molecule has 2 atom stereocenters. The summed E-state index contributed by atoms with van der Waals surface area (Å²) in [4.78, 5) is 4.23. The van der Waals surface area contributed by atoms with Crippen LogP contribution in [0.2, 0.25) is 0 Å². The first-order valence-corrected chi connectivity index (χ1v) is 6.95. The molecule has 4 heteroatoms. The number of benzene rings is 1. The Labute approximate surface area is 115 Å². The number of nitrogens with zero attached hydrogens (tertiary/aromatic N) is 1. The van der Waals surface area contributed by atoms with Gasteiger partial charge >= 0.3 is 0 Å². The lowest BCUT2D eigenvalue weighted by atomic mass is 10.1. The Morgan fingerprint density at radius 3 is 2.84 bits per heavy atom. The predicted octanol–water partition coefficient (Wildman–Crippen LogP) is 1.74. The van der Waals surface area contributed by atoms with Crippen LogP contribution in [-0.2, 0) is 4.74 Å². The lowest BCUT2D eigenvalue weighted by Gasteiger charge is -2.11. The summed E-state index contributed by atoms with van der Waals surface area (Å²) in [6, 6.07) is 11.1. The molecule has 2 unspecified atom stereocenters. The second-order valence-corrected chi connectivity index (χ2v) is 4.70. The first kappa shape index (κ1) is 13.9. The van der Waals surface area contributed by atoms with E-state index in [0.29, 0.717) is 18.6 Å². The number of hydrogen-bond donors (Lipinski definition) is 2. The summed E-state index contributed by atoms with van der Waals surface area (Å²) in [5, 5.41) is 6.71. The summed E-state index contributed by atoms with van der Waals surface area (Å²) in [5.41, 5.74) is 1.41. The molecule has 0 bridgehead atoms. The predicted molar refractivity (Wildman–Crippen MR) is 78.6 cm³/mol. The summed E-state index contributed by atoms with van der Waals surface area (Å²) in [7, 11) is 1.80. The molecule has 0 saturated heterocycles. The normalized spacial score (nSPS) is 22.1. The minimum absolute atomic E-state index is 0.501. The van der Waals surface area contributed by atoms with Crippen LogP contribution >= 0.6 is 0 Å².